The fourth-order valence-corrected chi connectivity index (χ4v) is 2.51. The van der Waals surface area contributed by atoms with Gasteiger partial charge in [0.15, 0.2) is 0 Å². The van der Waals surface area contributed by atoms with Gasteiger partial charge < -0.3 is 15.5 Å². The second kappa shape index (κ2) is 8.50. The van der Waals surface area contributed by atoms with E-state index < -0.39 is 10.8 Å². The molecule has 0 heterocycles. The number of anilines is 3. The molecule has 0 radical (unpaired) electrons. The average Bonchev–Trinajstić information content (AvgIpc) is 2.63. The molecule has 2 aromatic rings. The Hall–Kier alpha value is -3.13. The average molecular weight is 391 g/mol. The van der Waals surface area contributed by atoms with Crippen LogP contribution in [0.2, 0.25) is 5.02 Å². The fourth-order valence-electron chi connectivity index (χ4n) is 2.35. The van der Waals surface area contributed by atoms with E-state index in [2.05, 4.69) is 10.6 Å². The third-order valence-electron chi connectivity index (χ3n) is 3.74. The minimum Gasteiger partial charge on any atom is -0.377 e. The number of benzene rings is 2. The van der Waals surface area contributed by atoms with Crippen LogP contribution < -0.4 is 15.5 Å². The number of nitro benzene ring substituents is 1. The molecule has 0 saturated heterocycles. The van der Waals surface area contributed by atoms with Crippen molar-refractivity contribution in [1.82, 2.24) is 0 Å². The van der Waals surface area contributed by atoms with E-state index in [1.165, 1.54) is 24.3 Å². The first-order valence-corrected chi connectivity index (χ1v) is 8.47. The summed E-state index contributed by atoms with van der Waals surface area (Å²) in [7, 11) is 3.46. The minimum atomic E-state index is -0.565. The maximum atomic E-state index is 12.7. The van der Waals surface area contributed by atoms with Gasteiger partial charge in [-0.15, -0.1) is 0 Å². The van der Waals surface area contributed by atoms with Gasteiger partial charge in [-0.25, -0.2) is 0 Å². The Bertz CT molecular complexity index is 899. The highest BCUT2D eigenvalue weighted by molar-refractivity contribution is 6.34. The second-order valence-electron chi connectivity index (χ2n) is 5.90. The van der Waals surface area contributed by atoms with Crippen molar-refractivity contribution in [3.05, 3.63) is 57.1 Å². The first kappa shape index (κ1) is 20.2. The molecule has 0 saturated carbocycles. The van der Waals surface area contributed by atoms with Crippen molar-refractivity contribution in [3.8, 4) is 0 Å². The van der Waals surface area contributed by atoms with Crippen LogP contribution in [0.3, 0.4) is 0 Å². The molecule has 0 aliphatic carbocycles. The van der Waals surface area contributed by atoms with Crippen molar-refractivity contribution >= 4 is 46.2 Å². The van der Waals surface area contributed by atoms with Crippen molar-refractivity contribution < 1.29 is 14.5 Å². The van der Waals surface area contributed by atoms with Gasteiger partial charge in [0.2, 0.25) is 5.91 Å². The van der Waals surface area contributed by atoms with E-state index in [9.17, 15) is 19.7 Å². The number of amides is 2. The van der Waals surface area contributed by atoms with Gasteiger partial charge in [-0.2, -0.15) is 0 Å². The van der Waals surface area contributed by atoms with Gasteiger partial charge in [-0.05, 0) is 24.3 Å². The molecular weight excluding hydrogens is 372 g/mol. The SMILES string of the molecule is CCC(=O)Nc1ccc(Cl)c(NC(=O)c2cc([N+](=O)[O-])ccc2N(C)C)c1. The standard InChI is InChI=1S/C18H19ClN4O4/c1-4-17(24)20-11-5-7-14(19)15(9-11)21-18(25)13-10-12(23(26)27)6-8-16(13)22(2)3/h5-10H,4H2,1-3H3,(H,20,24)(H,21,25). The molecule has 0 spiro atoms. The van der Waals surface area contributed by atoms with Gasteiger partial charge in [0.05, 0.1) is 21.2 Å². The Labute approximate surface area is 161 Å². The zero-order valence-electron chi connectivity index (χ0n) is 15.1. The maximum Gasteiger partial charge on any atom is 0.270 e. The summed E-state index contributed by atoms with van der Waals surface area (Å²) in [5.74, 6) is -0.730. The van der Waals surface area contributed by atoms with Crippen LogP contribution in [0.25, 0.3) is 0 Å². The summed E-state index contributed by atoms with van der Waals surface area (Å²) in [5, 5.41) is 16.6. The molecule has 0 aliphatic heterocycles. The molecule has 2 aromatic carbocycles. The molecule has 2 rings (SSSR count). The van der Waals surface area contributed by atoms with Crippen molar-refractivity contribution in [1.29, 1.82) is 0 Å². The maximum absolute atomic E-state index is 12.7. The number of nitro groups is 1. The van der Waals surface area contributed by atoms with E-state index in [4.69, 9.17) is 11.6 Å². The van der Waals surface area contributed by atoms with Gasteiger partial charge in [0.25, 0.3) is 11.6 Å². The quantitative estimate of drug-likeness (QED) is 0.574. The first-order chi connectivity index (χ1) is 12.7. The molecule has 0 bridgehead atoms. The van der Waals surface area contributed by atoms with Crippen molar-refractivity contribution in [2.24, 2.45) is 0 Å². The Morgan fingerprint density at radius 2 is 1.85 bits per heavy atom. The molecule has 27 heavy (non-hydrogen) atoms. The molecule has 0 unspecified atom stereocenters. The Morgan fingerprint density at radius 1 is 1.15 bits per heavy atom. The van der Waals surface area contributed by atoms with Crippen LogP contribution in [0.1, 0.15) is 23.7 Å². The molecule has 2 amide bonds. The second-order valence-corrected chi connectivity index (χ2v) is 6.31. The Balaban J connectivity index is 2.36. The largest absolute Gasteiger partial charge is 0.377 e. The van der Waals surface area contributed by atoms with Crippen molar-refractivity contribution in [3.63, 3.8) is 0 Å². The molecule has 8 nitrogen and oxygen atoms in total. The number of carbonyl (C=O) groups is 2. The third-order valence-corrected chi connectivity index (χ3v) is 4.07. The summed E-state index contributed by atoms with van der Waals surface area (Å²) in [6.45, 7) is 1.72. The summed E-state index contributed by atoms with van der Waals surface area (Å²) in [5.41, 5.74) is 1.22. The van der Waals surface area contributed by atoms with E-state index in [0.29, 0.717) is 17.8 Å². The highest BCUT2D eigenvalue weighted by Crippen LogP contribution is 2.29. The van der Waals surface area contributed by atoms with Gasteiger partial charge in [-0.3, -0.25) is 19.7 Å². The molecule has 0 fully saturated rings. The minimum absolute atomic E-state index is 0.133. The number of hydrogen-bond donors (Lipinski definition) is 2. The summed E-state index contributed by atoms with van der Waals surface area (Å²) in [6, 6.07) is 8.74. The van der Waals surface area contributed by atoms with Crippen LogP contribution in [0.4, 0.5) is 22.7 Å². The van der Waals surface area contributed by atoms with Crippen LogP contribution in [0.15, 0.2) is 36.4 Å². The lowest BCUT2D eigenvalue weighted by Crippen LogP contribution is -2.19. The van der Waals surface area contributed by atoms with E-state index in [0.717, 1.165) is 0 Å². The van der Waals surface area contributed by atoms with Crippen LogP contribution in [-0.4, -0.2) is 30.8 Å². The van der Waals surface area contributed by atoms with Gasteiger partial charge in [0, 0.05) is 44.0 Å². The number of halogens is 1. The summed E-state index contributed by atoms with van der Waals surface area (Å²) >= 11 is 6.14. The van der Waals surface area contributed by atoms with E-state index in [-0.39, 0.29) is 27.9 Å². The summed E-state index contributed by atoms with van der Waals surface area (Å²) < 4.78 is 0. The van der Waals surface area contributed by atoms with Crippen LogP contribution in [0.5, 0.6) is 0 Å². The van der Waals surface area contributed by atoms with E-state index in [1.54, 1.807) is 38.1 Å². The molecule has 9 heteroatoms. The lowest BCUT2D eigenvalue weighted by atomic mass is 10.1. The topological polar surface area (TPSA) is 105 Å². The summed E-state index contributed by atoms with van der Waals surface area (Å²) in [6.07, 6.45) is 0.310. The first-order valence-electron chi connectivity index (χ1n) is 8.09. The molecule has 2 N–H and O–H groups in total. The lowest BCUT2D eigenvalue weighted by molar-refractivity contribution is -0.384. The van der Waals surface area contributed by atoms with Gasteiger partial charge >= 0.3 is 0 Å². The third kappa shape index (κ3) is 4.95. The zero-order chi connectivity index (χ0) is 20.1. The number of hydrogen-bond acceptors (Lipinski definition) is 5. The lowest BCUT2D eigenvalue weighted by Gasteiger charge is -2.17. The van der Waals surface area contributed by atoms with Crippen LogP contribution in [0, 0.1) is 10.1 Å². The van der Waals surface area contributed by atoms with E-state index in [1.807, 2.05) is 0 Å². The van der Waals surface area contributed by atoms with Crippen molar-refractivity contribution in [2.45, 2.75) is 13.3 Å². The zero-order valence-corrected chi connectivity index (χ0v) is 15.8. The number of rotatable bonds is 6. The van der Waals surface area contributed by atoms with Crippen LogP contribution in [-0.2, 0) is 4.79 Å². The Morgan fingerprint density at radius 3 is 2.44 bits per heavy atom. The highest BCUT2D eigenvalue weighted by atomic mass is 35.5. The highest BCUT2D eigenvalue weighted by Gasteiger charge is 2.19. The van der Waals surface area contributed by atoms with Crippen molar-refractivity contribution in [2.75, 3.05) is 29.6 Å². The number of carbonyl (C=O) groups excluding carboxylic acids is 2. The number of nitrogens with zero attached hydrogens (tertiary/aromatic N) is 2. The predicted molar refractivity (Wildman–Crippen MR) is 106 cm³/mol. The number of non-ortho nitro benzene ring substituents is 1. The van der Waals surface area contributed by atoms with Crippen LogP contribution >= 0.6 is 11.6 Å². The molecule has 0 atom stereocenters. The predicted octanol–water partition coefficient (Wildman–Crippen LogP) is 3.92. The molecule has 0 aliphatic rings. The van der Waals surface area contributed by atoms with Gasteiger partial charge in [-0.1, -0.05) is 18.5 Å². The molecular formula is C18H19ClN4O4. The van der Waals surface area contributed by atoms with E-state index >= 15 is 0 Å². The normalized spacial score (nSPS) is 10.2. The number of nitrogens with one attached hydrogen (secondary N) is 2. The Kier molecular flexibility index (Phi) is 6.36. The monoisotopic (exact) mass is 390 g/mol. The smallest absolute Gasteiger partial charge is 0.270 e. The van der Waals surface area contributed by atoms with Gasteiger partial charge in [0.1, 0.15) is 0 Å². The summed E-state index contributed by atoms with van der Waals surface area (Å²) in [4.78, 5) is 36.4. The fraction of sp³-hybridized carbons (Fsp3) is 0.222. The molecule has 142 valence electrons. The molecule has 0 aromatic heterocycles.